The Kier molecular flexibility index (Phi) is 5.93. The minimum atomic E-state index is -3.76. The zero-order chi connectivity index (χ0) is 21.2. The Morgan fingerprint density at radius 3 is 2.45 bits per heavy atom. The summed E-state index contributed by atoms with van der Waals surface area (Å²) in [7, 11) is -2.01. The van der Waals surface area contributed by atoms with Crippen LogP contribution in [-0.4, -0.2) is 45.3 Å². The lowest BCUT2D eigenvalue weighted by molar-refractivity contribution is -0.126. The highest BCUT2D eigenvalue weighted by Crippen LogP contribution is 2.22. The number of benzene rings is 2. The van der Waals surface area contributed by atoms with Gasteiger partial charge in [-0.3, -0.25) is 14.3 Å². The van der Waals surface area contributed by atoms with Gasteiger partial charge in [0.05, 0.1) is 10.6 Å². The van der Waals surface area contributed by atoms with E-state index in [9.17, 15) is 18.0 Å². The summed E-state index contributed by atoms with van der Waals surface area (Å²) in [4.78, 5) is 25.9. The van der Waals surface area contributed by atoms with Crippen molar-refractivity contribution < 1.29 is 18.0 Å². The Balaban J connectivity index is 1.71. The second kappa shape index (κ2) is 8.24. The van der Waals surface area contributed by atoms with Gasteiger partial charge in [0.1, 0.15) is 0 Å². The molecule has 2 aromatic rings. The van der Waals surface area contributed by atoms with Crippen LogP contribution < -0.4 is 10.0 Å². The first-order valence-electron chi connectivity index (χ1n) is 9.38. The molecule has 1 saturated heterocycles. The van der Waals surface area contributed by atoms with Crippen molar-refractivity contribution in [1.29, 1.82) is 0 Å². The van der Waals surface area contributed by atoms with Gasteiger partial charge >= 0.3 is 0 Å². The van der Waals surface area contributed by atoms with Crippen LogP contribution in [0.25, 0.3) is 0 Å². The van der Waals surface area contributed by atoms with Gasteiger partial charge in [0.25, 0.3) is 15.9 Å². The summed E-state index contributed by atoms with van der Waals surface area (Å²) in [6.07, 6.45) is 0.423. The van der Waals surface area contributed by atoms with Crippen molar-refractivity contribution in [3.8, 4) is 0 Å². The topological polar surface area (TPSA) is 95.6 Å². The zero-order valence-corrected chi connectivity index (χ0v) is 17.5. The van der Waals surface area contributed by atoms with Gasteiger partial charge in [-0.25, -0.2) is 8.42 Å². The number of anilines is 1. The van der Waals surface area contributed by atoms with E-state index in [1.807, 2.05) is 6.92 Å². The highest BCUT2D eigenvalue weighted by atomic mass is 32.2. The lowest BCUT2D eigenvalue weighted by Crippen LogP contribution is -2.30. The normalized spacial score (nSPS) is 16.7. The van der Waals surface area contributed by atoms with Gasteiger partial charge in [-0.1, -0.05) is 23.8 Å². The maximum Gasteiger partial charge on any atom is 0.261 e. The molecule has 0 spiro atoms. The number of aryl methyl sites for hydroxylation is 2. The molecule has 1 atom stereocenters. The van der Waals surface area contributed by atoms with Crippen molar-refractivity contribution in [2.45, 2.75) is 25.2 Å². The van der Waals surface area contributed by atoms with Crippen molar-refractivity contribution in [3.05, 3.63) is 59.2 Å². The third kappa shape index (κ3) is 4.95. The molecular formula is C21H25N3O4S. The Bertz CT molecular complexity index is 1030. The molecule has 2 aromatic carbocycles. The Morgan fingerprint density at radius 1 is 1.14 bits per heavy atom. The number of rotatable bonds is 6. The summed E-state index contributed by atoms with van der Waals surface area (Å²) in [5, 5.41) is 2.83. The third-order valence-corrected chi connectivity index (χ3v) is 6.43. The van der Waals surface area contributed by atoms with Gasteiger partial charge in [-0.2, -0.15) is 0 Å². The van der Waals surface area contributed by atoms with Crippen LogP contribution in [0.15, 0.2) is 47.4 Å². The molecule has 7 nitrogen and oxygen atoms in total. The van der Waals surface area contributed by atoms with E-state index in [4.69, 9.17) is 0 Å². The third-order valence-electron chi connectivity index (χ3n) is 5.05. The number of sulfonamides is 1. The van der Waals surface area contributed by atoms with Gasteiger partial charge in [-0.05, 0) is 43.7 Å². The van der Waals surface area contributed by atoms with Crippen molar-refractivity contribution in [1.82, 2.24) is 10.2 Å². The van der Waals surface area contributed by atoms with Crippen LogP contribution in [0.3, 0.4) is 0 Å². The van der Waals surface area contributed by atoms with E-state index in [1.54, 1.807) is 55.3 Å². The Labute approximate surface area is 171 Å². The van der Waals surface area contributed by atoms with E-state index in [2.05, 4.69) is 10.0 Å². The first kappa shape index (κ1) is 20.9. The van der Waals surface area contributed by atoms with E-state index in [1.165, 1.54) is 6.07 Å². The molecule has 0 aliphatic carbocycles. The number of nitrogens with one attached hydrogen (secondary N) is 2. The van der Waals surface area contributed by atoms with E-state index < -0.39 is 10.0 Å². The van der Waals surface area contributed by atoms with Gasteiger partial charge in [0.15, 0.2) is 0 Å². The highest BCUT2D eigenvalue weighted by molar-refractivity contribution is 7.92. The molecule has 0 radical (unpaired) electrons. The lowest BCUT2D eigenvalue weighted by atomic mass is 10.1. The minimum Gasteiger partial charge on any atom is -0.352 e. The van der Waals surface area contributed by atoms with Crippen molar-refractivity contribution in [2.24, 2.45) is 5.92 Å². The van der Waals surface area contributed by atoms with E-state index in [0.717, 1.165) is 5.56 Å². The molecule has 1 fully saturated rings. The van der Waals surface area contributed by atoms with Crippen molar-refractivity contribution >= 4 is 27.5 Å². The fourth-order valence-electron chi connectivity index (χ4n) is 3.23. The molecule has 154 valence electrons. The van der Waals surface area contributed by atoms with Crippen LogP contribution in [0.5, 0.6) is 0 Å². The summed E-state index contributed by atoms with van der Waals surface area (Å²) in [6, 6.07) is 11.4. The molecular weight excluding hydrogens is 390 g/mol. The molecule has 29 heavy (non-hydrogen) atoms. The highest BCUT2D eigenvalue weighted by Gasteiger charge is 2.27. The summed E-state index contributed by atoms with van der Waals surface area (Å²) < 4.78 is 27.9. The molecule has 8 heteroatoms. The number of carbonyl (C=O) groups excluding carboxylic acids is 2. The van der Waals surface area contributed by atoms with Crippen molar-refractivity contribution in [2.75, 3.05) is 24.9 Å². The van der Waals surface area contributed by atoms with Gasteiger partial charge in [-0.15, -0.1) is 0 Å². The standard InChI is InChI=1S/C21H25N3O4S/c1-14-4-8-18(9-5-14)29(27,28)23-19-11-17(7-6-15(19)2)21(26)22-12-16-10-20(25)24(3)13-16/h4-9,11,16,23H,10,12-13H2,1-3H3,(H,22,26). The fraction of sp³-hybridized carbons (Fsp3) is 0.333. The van der Waals surface area contributed by atoms with Crippen LogP contribution in [0.2, 0.25) is 0 Å². The minimum absolute atomic E-state index is 0.0763. The summed E-state index contributed by atoms with van der Waals surface area (Å²) in [5.41, 5.74) is 2.39. The lowest BCUT2D eigenvalue weighted by Gasteiger charge is -2.14. The molecule has 2 N–H and O–H groups in total. The maximum atomic E-state index is 12.7. The van der Waals surface area contributed by atoms with Crippen LogP contribution in [0, 0.1) is 19.8 Å². The predicted octanol–water partition coefficient (Wildman–Crippen LogP) is 2.31. The fourth-order valence-corrected chi connectivity index (χ4v) is 4.35. The molecule has 1 heterocycles. The molecule has 1 aliphatic heterocycles. The number of hydrogen-bond donors (Lipinski definition) is 2. The first-order chi connectivity index (χ1) is 13.7. The number of nitrogens with zero attached hydrogens (tertiary/aromatic N) is 1. The number of carbonyl (C=O) groups is 2. The average Bonchev–Trinajstić information content (AvgIpc) is 2.99. The van der Waals surface area contributed by atoms with E-state index in [-0.39, 0.29) is 22.6 Å². The Hall–Kier alpha value is -2.87. The van der Waals surface area contributed by atoms with Crippen LogP contribution in [0.1, 0.15) is 27.9 Å². The molecule has 2 amide bonds. The van der Waals surface area contributed by atoms with E-state index >= 15 is 0 Å². The number of hydrogen-bond acceptors (Lipinski definition) is 4. The van der Waals surface area contributed by atoms with Crippen LogP contribution in [0.4, 0.5) is 5.69 Å². The Morgan fingerprint density at radius 2 is 1.83 bits per heavy atom. The largest absolute Gasteiger partial charge is 0.352 e. The quantitative estimate of drug-likeness (QED) is 0.757. The summed E-state index contributed by atoms with van der Waals surface area (Å²) >= 11 is 0. The molecule has 1 aliphatic rings. The van der Waals surface area contributed by atoms with Gasteiger partial charge in [0, 0.05) is 38.0 Å². The molecule has 0 saturated carbocycles. The van der Waals surface area contributed by atoms with Gasteiger partial charge in [0.2, 0.25) is 5.91 Å². The summed E-state index contributed by atoms with van der Waals surface area (Å²) in [6.45, 7) is 4.67. The van der Waals surface area contributed by atoms with Gasteiger partial charge < -0.3 is 10.2 Å². The smallest absolute Gasteiger partial charge is 0.261 e. The zero-order valence-electron chi connectivity index (χ0n) is 16.7. The molecule has 0 bridgehead atoms. The van der Waals surface area contributed by atoms with Crippen LogP contribution in [-0.2, 0) is 14.8 Å². The monoisotopic (exact) mass is 415 g/mol. The first-order valence-corrected chi connectivity index (χ1v) is 10.9. The SMILES string of the molecule is Cc1ccc(S(=O)(=O)Nc2cc(C(=O)NCC3CC(=O)N(C)C3)ccc2C)cc1. The maximum absolute atomic E-state index is 12.7. The van der Waals surface area contributed by atoms with E-state index in [0.29, 0.717) is 36.3 Å². The molecule has 3 rings (SSSR count). The second-order valence-corrected chi connectivity index (χ2v) is 9.19. The molecule has 1 unspecified atom stereocenters. The summed E-state index contributed by atoms with van der Waals surface area (Å²) in [5.74, 6) is -0.142. The predicted molar refractivity (Wildman–Crippen MR) is 111 cm³/mol. The number of likely N-dealkylation sites (tertiary alicyclic amines) is 1. The molecule has 0 aromatic heterocycles. The van der Waals surface area contributed by atoms with Crippen molar-refractivity contribution in [3.63, 3.8) is 0 Å². The second-order valence-electron chi connectivity index (χ2n) is 7.50. The number of amides is 2. The van der Waals surface area contributed by atoms with Crippen LogP contribution >= 0.6 is 0 Å². The average molecular weight is 416 g/mol.